The van der Waals surface area contributed by atoms with Crippen LogP contribution in [0.3, 0.4) is 0 Å². The lowest BCUT2D eigenvalue weighted by Gasteiger charge is -2.21. The Kier molecular flexibility index (Phi) is 6.12. The van der Waals surface area contributed by atoms with Crippen LogP contribution in [-0.4, -0.2) is 37.3 Å². The summed E-state index contributed by atoms with van der Waals surface area (Å²) >= 11 is 0. The van der Waals surface area contributed by atoms with Crippen molar-refractivity contribution in [2.24, 2.45) is 0 Å². The van der Waals surface area contributed by atoms with Crippen molar-refractivity contribution in [1.29, 1.82) is 0 Å². The van der Waals surface area contributed by atoms with Crippen LogP contribution in [0.4, 0.5) is 5.82 Å². The molecule has 21 heavy (non-hydrogen) atoms. The Labute approximate surface area is 126 Å². The summed E-state index contributed by atoms with van der Waals surface area (Å²) < 4.78 is 5.04. The molecule has 0 aliphatic heterocycles. The Morgan fingerprint density at radius 1 is 1.14 bits per heavy atom. The molecule has 0 bridgehead atoms. The number of hydrogen-bond donors (Lipinski definition) is 1. The van der Waals surface area contributed by atoms with Crippen LogP contribution < -0.4 is 10.2 Å². The van der Waals surface area contributed by atoms with Gasteiger partial charge in [0.1, 0.15) is 5.82 Å². The highest BCUT2D eigenvalue weighted by Gasteiger charge is 2.09. The number of nitrogens with one attached hydrogen (secondary N) is 1. The van der Waals surface area contributed by atoms with E-state index in [4.69, 9.17) is 4.74 Å². The van der Waals surface area contributed by atoms with Gasteiger partial charge in [0.15, 0.2) is 0 Å². The van der Waals surface area contributed by atoms with E-state index in [0.717, 1.165) is 31.1 Å². The van der Waals surface area contributed by atoms with E-state index < -0.39 is 0 Å². The SMILES string of the molecule is COCCNCc1cccnc1N(C)Cc1ccccn1. The number of anilines is 1. The van der Waals surface area contributed by atoms with Gasteiger partial charge in [0, 0.05) is 45.2 Å². The van der Waals surface area contributed by atoms with Crippen LogP contribution in [0.25, 0.3) is 0 Å². The smallest absolute Gasteiger partial charge is 0.133 e. The van der Waals surface area contributed by atoms with Gasteiger partial charge in [0.25, 0.3) is 0 Å². The molecule has 0 aliphatic carbocycles. The molecule has 0 saturated carbocycles. The van der Waals surface area contributed by atoms with Gasteiger partial charge in [-0.1, -0.05) is 12.1 Å². The highest BCUT2D eigenvalue weighted by molar-refractivity contribution is 5.46. The van der Waals surface area contributed by atoms with Crippen LogP contribution in [-0.2, 0) is 17.8 Å². The first-order chi connectivity index (χ1) is 10.3. The Morgan fingerprint density at radius 3 is 2.76 bits per heavy atom. The molecular weight excluding hydrogens is 264 g/mol. The topological polar surface area (TPSA) is 50.3 Å². The summed E-state index contributed by atoms with van der Waals surface area (Å²) in [6.45, 7) is 3.05. The van der Waals surface area contributed by atoms with Gasteiger partial charge >= 0.3 is 0 Å². The third-order valence-electron chi connectivity index (χ3n) is 3.15. The van der Waals surface area contributed by atoms with Crippen LogP contribution in [0.1, 0.15) is 11.3 Å². The number of hydrogen-bond acceptors (Lipinski definition) is 5. The van der Waals surface area contributed by atoms with Crippen LogP contribution in [0, 0.1) is 0 Å². The van der Waals surface area contributed by atoms with Crippen molar-refractivity contribution >= 4 is 5.82 Å². The number of ether oxygens (including phenoxy) is 1. The van der Waals surface area contributed by atoms with Crippen molar-refractivity contribution in [3.8, 4) is 0 Å². The number of methoxy groups -OCH3 is 1. The zero-order valence-electron chi connectivity index (χ0n) is 12.6. The van der Waals surface area contributed by atoms with E-state index in [2.05, 4.69) is 26.3 Å². The van der Waals surface area contributed by atoms with Crippen molar-refractivity contribution in [2.45, 2.75) is 13.1 Å². The van der Waals surface area contributed by atoms with Crippen molar-refractivity contribution in [3.05, 3.63) is 54.0 Å². The van der Waals surface area contributed by atoms with Gasteiger partial charge in [-0.2, -0.15) is 0 Å². The Balaban J connectivity index is 2.01. The van der Waals surface area contributed by atoms with Gasteiger partial charge in [-0.05, 0) is 18.2 Å². The summed E-state index contributed by atoms with van der Waals surface area (Å²) in [5.41, 5.74) is 2.20. The molecular formula is C16H22N4O. The second-order valence-corrected chi connectivity index (χ2v) is 4.83. The molecule has 0 aliphatic rings. The molecule has 0 amide bonds. The standard InChI is InChI=1S/C16H22N4O/c1-20(13-15-7-3-4-8-18-15)16-14(6-5-9-19-16)12-17-10-11-21-2/h3-9,17H,10-13H2,1-2H3. The van der Waals surface area contributed by atoms with E-state index in [1.54, 1.807) is 7.11 Å². The number of nitrogens with zero attached hydrogens (tertiary/aromatic N) is 3. The molecule has 112 valence electrons. The molecule has 2 aromatic rings. The minimum absolute atomic E-state index is 0.708. The van der Waals surface area contributed by atoms with Gasteiger partial charge in [0.05, 0.1) is 18.8 Å². The zero-order chi connectivity index (χ0) is 14.9. The van der Waals surface area contributed by atoms with E-state index in [1.165, 1.54) is 5.56 Å². The van der Waals surface area contributed by atoms with E-state index in [1.807, 2.05) is 43.7 Å². The second-order valence-electron chi connectivity index (χ2n) is 4.83. The maximum absolute atomic E-state index is 5.04. The van der Waals surface area contributed by atoms with Crippen molar-refractivity contribution < 1.29 is 4.74 Å². The molecule has 1 N–H and O–H groups in total. The molecule has 0 spiro atoms. The van der Waals surface area contributed by atoms with Gasteiger partial charge in [-0.3, -0.25) is 4.98 Å². The summed E-state index contributed by atoms with van der Waals surface area (Å²) in [6, 6.07) is 10.0. The van der Waals surface area contributed by atoms with Crippen LogP contribution in [0.15, 0.2) is 42.7 Å². The first-order valence-corrected chi connectivity index (χ1v) is 7.06. The molecule has 0 atom stereocenters. The second kappa shape index (κ2) is 8.34. The average Bonchev–Trinajstić information content (AvgIpc) is 2.53. The van der Waals surface area contributed by atoms with Gasteiger partial charge in [-0.15, -0.1) is 0 Å². The van der Waals surface area contributed by atoms with Crippen LogP contribution in [0.5, 0.6) is 0 Å². The number of rotatable bonds is 8. The summed E-state index contributed by atoms with van der Waals surface area (Å²) in [5.74, 6) is 0.980. The summed E-state index contributed by atoms with van der Waals surface area (Å²) in [7, 11) is 3.74. The number of aromatic nitrogens is 2. The van der Waals surface area contributed by atoms with E-state index in [0.29, 0.717) is 6.61 Å². The Bertz CT molecular complexity index is 533. The average molecular weight is 286 g/mol. The predicted octanol–water partition coefficient (Wildman–Crippen LogP) is 1.85. The highest BCUT2D eigenvalue weighted by atomic mass is 16.5. The molecule has 0 aromatic carbocycles. The predicted molar refractivity (Wildman–Crippen MR) is 84.2 cm³/mol. The quantitative estimate of drug-likeness (QED) is 0.751. The lowest BCUT2D eigenvalue weighted by atomic mass is 10.2. The van der Waals surface area contributed by atoms with E-state index >= 15 is 0 Å². The van der Waals surface area contributed by atoms with Crippen LogP contribution >= 0.6 is 0 Å². The van der Waals surface area contributed by atoms with Crippen LogP contribution in [0.2, 0.25) is 0 Å². The molecule has 2 aromatic heterocycles. The highest BCUT2D eigenvalue weighted by Crippen LogP contribution is 2.17. The molecule has 0 radical (unpaired) electrons. The maximum atomic E-state index is 5.04. The minimum Gasteiger partial charge on any atom is -0.383 e. The number of pyridine rings is 2. The normalized spacial score (nSPS) is 10.6. The van der Waals surface area contributed by atoms with Crippen molar-refractivity contribution in [2.75, 3.05) is 32.2 Å². The molecule has 2 heterocycles. The van der Waals surface area contributed by atoms with Crippen molar-refractivity contribution in [1.82, 2.24) is 15.3 Å². The molecule has 0 saturated heterocycles. The minimum atomic E-state index is 0.708. The summed E-state index contributed by atoms with van der Waals surface area (Å²) in [5, 5.41) is 3.35. The Hall–Kier alpha value is -1.98. The molecule has 0 fully saturated rings. The fourth-order valence-electron chi connectivity index (χ4n) is 2.12. The zero-order valence-corrected chi connectivity index (χ0v) is 12.6. The largest absolute Gasteiger partial charge is 0.383 e. The van der Waals surface area contributed by atoms with E-state index in [9.17, 15) is 0 Å². The summed E-state index contributed by atoms with van der Waals surface area (Å²) in [6.07, 6.45) is 3.64. The van der Waals surface area contributed by atoms with Gasteiger partial charge in [-0.25, -0.2) is 4.98 Å². The third-order valence-corrected chi connectivity index (χ3v) is 3.15. The maximum Gasteiger partial charge on any atom is 0.133 e. The molecule has 5 heteroatoms. The first kappa shape index (κ1) is 15.4. The Morgan fingerprint density at radius 2 is 2.00 bits per heavy atom. The molecule has 2 rings (SSSR count). The fraction of sp³-hybridized carbons (Fsp3) is 0.375. The van der Waals surface area contributed by atoms with E-state index in [-0.39, 0.29) is 0 Å². The lowest BCUT2D eigenvalue weighted by molar-refractivity contribution is 0.199. The van der Waals surface area contributed by atoms with Gasteiger partial charge < -0.3 is 15.0 Å². The monoisotopic (exact) mass is 286 g/mol. The van der Waals surface area contributed by atoms with Gasteiger partial charge in [0.2, 0.25) is 0 Å². The third kappa shape index (κ3) is 4.81. The fourth-order valence-corrected chi connectivity index (χ4v) is 2.12. The summed E-state index contributed by atoms with van der Waals surface area (Å²) in [4.78, 5) is 11.0. The molecule has 5 nitrogen and oxygen atoms in total. The lowest BCUT2D eigenvalue weighted by Crippen LogP contribution is -2.23. The van der Waals surface area contributed by atoms with Crippen molar-refractivity contribution in [3.63, 3.8) is 0 Å². The molecule has 0 unspecified atom stereocenters. The first-order valence-electron chi connectivity index (χ1n) is 7.06.